The molecule has 0 spiro atoms. The maximum absolute atomic E-state index is 12.4. The van der Waals surface area contributed by atoms with Gasteiger partial charge in [0.1, 0.15) is 11.3 Å². The second-order valence-corrected chi connectivity index (χ2v) is 5.80. The van der Waals surface area contributed by atoms with Gasteiger partial charge in [-0.15, -0.1) is 11.3 Å². The molecule has 1 aromatic carbocycles. The van der Waals surface area contributed by atoms with E-state index in [0.717, 1.165) is 11.3 Å². The molecule has 6 nitrogen and oxygen atoms in total. The zero-order chi connectivity index (χ0) is 16.4. The Hall–Kier alpha value is -2.67. The molecule has 0 fully saturated rings. The molecule has 0 atom stereocenters. The van der Waals surface area contributed by atoms with Crippen molar-refractivity contribution in [3.63, 3.8) is 0 Å². The standard InChI is InChI=1S/C16H15N3O3S/c1-10-9-23-16-18-8-12(15(21)19(10)16)14(20)17-7-11-5-3-4-6-13(11)22-2/h3-6,8-9H,7H2,1-2H3,(H,17,20). The number of carbonyl (C=O) groups excluding carboxylic acids is 1. The molecule has 0 saturated carbocycles. The van der Waals surface area contributed by atoms with E-state index in [9.17, 15) is 9.59 Å². The van der Waals surface area contributed by atoms with Gasteiger partial charge >= 0.3 is 0 Å². The zero-order valence-electron chi connectivity index (χ0n) is 12.7. The summed E-state index contributed by atoms with van der Waals surface area (Å²) in [6.07, 6.45) is 1.32. The maximum Gasteiger partial charge on any atom is 0.271 e. The van der Waals surface area contributed by atoms with Crippen LogP contribution in [0, 0.1) is 6.92 Å². The van der Waals surface area contributed by atoms with E-state index < -0.39 is 5.91 Å². The van der Waals surface area contributed by atoms with Crippen molar-refractivity contribution in [3.8, 4) is 5.75 Å². The van der Waals surface area contributed by atoms with Crippen molar-refractivity contribution in [2.75, 3.05) is 7.11 Å². The first-order valence-corrected chi connectivity index (χ1v) is 7.85. The molecule has 2 aromatic heterocycles. The number of aromatic nitrogens is 2. The summed E-state index contributed by atoms with van der Waals surface area (Å²) in [4.78, 5) is 29.5. The number of hydrogen-bond acceptors (Lipinski definition) is 5. The summed E-state index contributed by atoms with van der Waals surface area (Å²) in [6.45, 7) is 2.08. The highest BCUT2D eigenvalue weighted by Gasteiger charge is 2.15. The first-order valence-electron chi connectivity index (χ1n) is 6.97. The molecule has 0 saturated heterocycles. The van der Waals surface area contributed by atoms with Gasteiger partial charge in [0.05, 0.1) is 7.11 Å². The van der Waals surface area contributed by atoms with Crippen LogP contribution in [0.5, 0.6) is 5.75 Å². The lowest BCUT2D eigenvalue weighted by Gasteiger charge is -2.09. The van der Waals surface area contributed by atoms with Crippen molar-refractivity contribution in [2.24, 2.45) is 0 Å². The second-order valence-electron chi connectivity index (χ2n) is 4.97. The predicted molar refractivity (Wildman–Crippen MR) is 88.2 cm³/mol. The van der Waals surface area contributed by atoms with Gasteiger partial charge in [-0.3, -0.25) is 14.0 Å². The lowest BCUT2D eigenvalue weighted by Crippen LogP contribution is -2.31. The fraction of sp³-hybridized carbons (Fsp3) is 0.188. The van der Waals surface area contributed by atoms with Gasteiger partial charge in [-0.1, -0.05) is 18.2 Å². The molecule has 0 aliphatic heterocycles. The van der Waals surface area contributed by atoms with Gasteiger partial charge in [0, 0.05) is 29.4 Å². The van der Waals surface area contributed by atoms with Crippen molar-refractivity contribution < 1.29 is 9.53 Å². The molecule has 23 heavy (non-hydrogen) atoms. The van der Waals surface area contributed by atoms with Crippen LogP contribution in [-0.4, -0.2) is 22.4 Å². The van der Waals surface area contributed by atoms with Crippen LogP contribution in [0.2, 0.25) is 0 Å². The normalized spacial score (nSPS) is 10.7. The van der Waals surface area contributed by atoms with E-state index in [4.69, 9.17) is 4.74 Å². The van der Waals surface area contributed by atoms with Crippen LogP contribution >= 0.6 is 11.3 Å². The van der Waals surface area contributed by atoms with E-state index >= 15 is 0 Å². The van der Waals surface area contributed by atoms with Crippen LogP contribution in [0.25, 0.3) is 4.96 Å². The molecule has 3 rings (SSSR count). The Morgan fingerprint density at radius 2 is 2.17 bits per heavy atom. The van der Waals surface area contributed by atoms with Crippen LogP contribution in [0.15, 0.2) is 40.6 Å². The van der Waals surface area contributed by atoms with Crippen molar-refractivity contribution in [1.82, 2.24) is 14.7 Å². The first-order chi connectivity index (χ1) is 11.1. The monoisotopic (exact) mass is 329 g/mol. The van der Waals surface area contributed by atoms with Gasteiger partial charge in [-0.25, -0.2) is 4.98 Å². The number of hydrogen-bond donors (Lipinski definition) is 1. The Kier molecular flexibility index (Phi) is 4.12. The van der Waals surface area contributed by atoms with E-state index in [1.165, 1.54) is 21.9 Å². The van der Waals surface area contributed by atoms with Crippen molar-refractivity contribution in [2.45, 2.75) is 13.5 Å². The van der Waals surface area contributed by atoms with Crippen molar-refractivity contribution in [3.05, 3.63) is 63.0 Å². The van der Waals surface area contributed by atoms with Gasteiger partial charge < -0.3 is 10.1 Å². The Balaban J connectivity index is 1.85. The minimum absolute atomic E-state index is 0.0268. The van der Waals surface area contributed by atoms with Gasteiger partial charge in [0.15, 0.2) is 4.96 Å². The Labute approximate surface area is 136 Å². The molecule has 1 amide bonds. The van der Waals surface area contributed by atoms with Crippen molar-refractivity contribution >= 4 is 22.2 Å². The quantitative estimate of drug-likeness (QED) is 0.795. The molecule has 3 aromatic rings. The lowest BCUT2D eigenvalue weighted by molar-refractivity contribution is 0.0948. The minimum atomic E-state index is -0.451. The topological polar surface area (TPSA) is 72.7 Å². The third-order valence-corrected chi connectivity index (χ3v) is 4.45. The number of ether oxygens (including phenoxy) is 1. The summed E-state index contributed by atoms with van der Waals surface area (Å²) >= 11 is 1.37. The molecule has 2 heterocycles. The number of benzene rings is 1. The largest absolute Gasteiger partial charge is 0.496 e. The number of amides is 1. The summed E-state index contributed by atoms with van der Waals surface area (Å²) in [5.41, 5.74) is 1.27. The Morgan fingerprint density at radius 3 is 2.96 bits per heavy atom. The number of methoxy groups -OCH3 is 1. The number of aryl methyl sites for hydroxylation is 1. The molecule has 0 aliphatic rings. The SMILES string of the molecule is COc1ccccc1CNC(=O)c1cnc2scc(C)n2c1=O. The number of fused-ring (bicyclic) bond motifs is 1. The van der Waals surface area contributed by atoms with Crippen LogP contribution in [0.4, 0.5) is 0 Å². The second kappa shape index (κ2) is 6.21. The average molecular weight is 329 g/mol. The molecular weight excluding hydrogens is 314 g/mol. The molecule has 0 aliphatic carbocycles. The molecule has 0 radical (unpaired) electrons. The molecule has 1 N–H and O–H groups in total. The summed E-state index contributed by atoms with van der Waals surface area (Å²) in [7, 11) is 1.57. The highest BCUT2D eigenvalue weighted by atomic mass is 32.1. The summed E-state index contributed by atoms with van der Waals surface area (Å²) in [6, 6.07) is 7.39. The van der Waals surface area contributed by atoms with E-state index in [0.29, 0.717) is 10.7 Å². The number of thiazole rings is 1. The third-order valence-electron chi connectivity index (χ3n) is 3.49. The summed E-state index contributed by atoms with van der Waals surface area (Å²) in [5.74, 6) is 0.236. The number of rotatable bonds is 4. The van der Waals surface area contributed by atoms with Gasteiger partial charge in [-0.05, 0) is 13.0 Å². The smallest absolute Gasteiger partial charge is 0.271 e. The van der Waals surface area contributed by atoms with E-state index in [1.54, 1.807) is 7.11 Å². The van der Waals surface area contributed by atoms with Crippen LogP contribution in [-0.2, 0) is 6.54 Å². The molecule has 7 heteroatoms. The highest BCUT2D eigenvalue weighted by Crippen LogP contribution is 2.17. The van der Waals surface area contributed by atoms with Crippen LogP contribution in [0.1, 0.15) is 21.6 Å². The van der Waals surface area contributed by atoms with Gasteiger partial charge in [-0.2, -0.15) is 0 Å². The number of para-hydroxylation sites is 1. The molecule has 0 unspecified atom stereocenters. The number of nitrogens with one attached hydrogen (secondary N) is 1. The average Bonchev–Trinajstić information content (AvgIpc) is 2.95. The van der Waals surface area contributed by atoms with Crippen LogP contribution < -0.4 is 15.6 Å². The molecule has 118 valence electrons. The first kappa shape index (κ1) is 15.2. The third kappa shape index (κ3) is 2.83. The van der Waals surface area contributed by atoms with Crippen LogP contribution in [0.3, 0.4) is 0 Å². The van der Waals surface area contributed by atoms with E-state index in [2.05, 4.69) is 10.3 Å². The van der Waals surface area contributed by atoms with Gasteiger partial charge in [0.2, 0.25) is 0 Å². The van der Waals surface area contributed by atoms with E-state index in [-0.39, 0.29) is 17.7 Å². The molecule has 0 bridgehead atoms. The predicted octanol–water partition coefficient (Wildman–Crippen LogP) is 2.00. The Morgan fingerprint density at radius 1 is 1.39 bits per heavy atom. The minimum Gasteiger partial charge on any atom is -0.496 e. The highest BCUT2D eigenvalue weighted by molar-refractivity contribution is 7.15. The zero-order valence-corrected chi connectivity index (χ0v) is 13.5. The van der Waals surface area contributed by atoms with Crippen molar-refractivity contribution in [1.29, 1.82) is 0 Å². The summed E-state index contributed by atoms with van der Waals surface area (Å²) in [5, 5.41) is 4.57. The molecular formula is C16H15N3O3S. The van der Waals surface area contributed by atoms with Gasteiger partial charge in [0.25, 0.3) is 11.5 Å². The lowest BCUT2D eigenvalue weighted by atomic mass is 10.2. The Bertz CT molecular complexity index is 930. The summed E-state index contributed by atoms with van der Waals surface area (Å²) < 4.78 is 6.69. The van der Waals surface area contributed by atoms with E-state index in [1.807, 2.05) is 36.6 Å². The fourth-order valence-electron chi connectivity index (χ4n) is 2.30. The maximum atomic E-state index is 12.4. The number of nitrogens with zero attached hydrogens (tertiary/aromatic N) is 2. The number of carbonyl (C=O) groups is 1. The fourth-order valence-corrected chi connectivity index (χ4v) is 3.13.